The highest BCUT2D eigenvalue weighted by molar-refractivity contribution is 5.67. The lowest BCUT2D eigenvalue weighted by molar-refractivity contribution is -0.117. The first-order valence-corrected chi connectivity index (χ1v) is 6.07. The molecule has 0 aromatic carbocycles. The normalized spacial score (nSPS) is 34.9. The summed E-state index contributed by atoms with van der Waals surface area (Å²) in [6, 6.07) is 0.158. The molecule has 4 heteroatoms. The van der Waals surface area contributed by atoms with Crippen LogP contribution in [0.3, 0.4) is 0 Å². The van der Waals surface area contributed by atoms with Gasteiger partial charge < -0.3 is 15.3 Å². The molecule has 92 valence electrons. The van der Waals surface area contributed by atoms with E-state index in [2.05, 4.69) is 26.1 Å². The molecule has 16 heavy (non-hydrogen) atoms. The summed E-state index contributed by atoms with van der Waals surface area (Å²) in [5.41, 5.74) is 0.213. The van der Waals surface area contributed by atoms with Crippen LogP contribution in [0.4, 0.5) is 4.79 Å². The molecule has 0 radical (unpaired) electrons. The van der Waals surface area contributed by atoms with E-state index in [4.69, 9.17) is 0 Å². The third-order valence-electron chi connectivity index (χ3n) is 3.95. The van der Waals surface area contributed by atoms with Gasteiger partial charge >= 0.3 is 6.09 Å². The molecule has 0 aromatic rings. The Hall–Kier alpha value is -0.770. The van der Waals surface area contributed by atoms with E-state index >= 15 is 0 Å². The molecule has 0 saturated carbocycles. The average Bonchev–Trinajstić information content (AvgIpc) is 2.13. The zero-order chi connectivity index (χ0) is 12.0. The molecular weight excluding hydrogens is 204 g/mol. The summed E-state index contributed by atoms with van der Waals surface area (Å²) in [6.07, 6.45) is 1.56. The summed E-state index contributed by atoms with van der Waals surface area (Å²) in [5, 5.41) is 12.6. The summed E-state index contributed by atoms with van der Waals surface area (Å²) in [5.74, 6) is 0. The van der Waals surface area contributed by atoms with Gasteiger partial charge in [-0.2, -0.15) is 0 Å². The van der Waals surface area contributed by atoms with Crippen LogP contribution in [0.2, 0.25) is 0 Å². The van der Waals surface area contributed by atoms with Gasteiger partial charge in [-0.25, -0.2) is 4.79 Å². The fourth-order valence-corrected chi connectivity index (χ4v) is 3.66. The smallest absolute Gasteiger partial charge is 0.407 e. The highest BCUT2D eigenvalue weighted by atomic mass is 16.4. The van der Waals surface area contributed by atoms with Crippen molar-refractivity contribution in [1.82, 2.24) is 10.2 Å². The Morgan fingerprint density at radius 2 is 2.19 bits per heavy atom. The van der Waals surface area contributed by atoms with E-state index < -0.39 is 6.09 Å². The van der Waals surface area contributed by atoms with E-state index in [1.54, 1.807) is 4.90 Å². The zero-order valence-electron chi connectivity index (χ0n) is 10.4. The van der Waals surface area contributed by atoms with Crippen LogP contribution in [0.1, 0.15) is 33.6 Å². The van der Waals surface area contributed by atoms with Crippen LogP contribution in [0.15, 0.2) is 0 Å². The topological polar surface area (TPSA) is 52.6 Å². The predicted molar refractivity (Wildman–Crippen MR) is 62.5 cm³/mol. The lowest BCUT2D eigenvalue weighted by Crippen LogP contribution is -2.73. The van der Waals surface area contributed by atoms with Gasteiger partial charge in [-0.1, -0.05) is 20.8 Å². The Labute approximate surface area is 97.0 Å². The SMILES string of the molecule is CC(C)(C)C1N(C(=O)O)CC12CCCNC2. The number of piperidine rings is 1. The molecule has 2 saturated heterocycles. The van der Waals surface area contributed by atoms with Crippen LogP contribution in [0.25, 0.3) is 0 Å². The molecule has 0 aromatic heterocycles. The van der Waals surface area contributed by atoms with E-state index in [9.17, 15) is 9.90 Å². The van der Waals surface area contributed by atoms with Gasteiger partial charge in [0.2, 0.25) is 0 Å². The van der Waals surface area contributed by atoms with E-state index in [1.165, 1.54) is 6.42 Å². The van der Waals surface area contributed by atoms with Gasteiger partial charge in [0.05, 0.1) is 0 Å². The number of likely N-dealkylation sites (tertiary alicyclic amines) is 1. The number of nitrogens with one attached hydrogen (secondary N) is 1. The molecule has 2 fully saturated rings. The monoisotopic (exact) mass is 226 g/mol. The lowest BCUT2D eigenvalue weighted by atomic mass is 9.59. The van der Waals surface area contributed by atoms with Crippen LogP contribution >= 0.6 is 0 Å². The van der Waals surface area contributed by atoms with E-state index in [0.29, 0.717) is 6.54 Å². The minimum Gasteiger partial charge on any atom is -0.465 e. The van der Waals surface area contributed by atoms with Crippen LogP contribution in [-0.2, 0) is 0 Å². The number of hydrogen-bond donors (Lipinski definition) is 2. The number of rotatable bonds is 0. The van der Waals surface area contributed by atoms with Gasteiger partial charge in [0.15, 0.2) is 0 Å². The summed E-state index contributed by atoms with van der Waals surface area (Å²) >= 11 is 0. The quantitative estimate of drug-likeness (QED) is 0.662. The van der Waals surface area contributed by atoms with Gasteiger partial charge in [-0.15, -0.1) is 0 Å². The Balaban J connectivity index is 2.20. The predicted octanol–water partition coefficient (Wildman–Crippen LogP) is 1.76. The lowest BCUT2D eigenvalue weighted by Gasteiger charge is -2.62. The largest absolute Gasteiger partial charge is 0.465 e. The average molecular weight is 226 g/mol. The van der Waals surface area contributed by atoms with Gasteiger partial charge in [-0.05, 0) is 24.8 Å². The van der Waals surface area contributed by atoms with E-state index in [-0.39, 0.29) is 16.9 Å². The first kappa shape index (κ1) is 11.7. The number of nitrogens with zero attached hydrogens (tertiary/aromatic N) is 1. The van der Waals surface area contributed by atoms with Crippen LogP contribution < -0.4 is 5.32 Å². The first-order valence-electron chi connectivity index (χ1n) is 6.07. The van der Waals surface area contributed by atoms with Crippen molar-refractivity contribution in [3.05, 3.63) is 0 Å². The fourth-order valence-electron chi connectivity index (χ4n) is 3.66. The molecule has 2 N–H and O–H groups in total. The maximum Gasteiger partial charge on any atom is 0.407 e. The Bertz CT molecular complexity index is 290. The number of carboxylic acid groups (broad SMARTS) is 1. The molecule has 2 heterocycles. The van der Waals surface area contributed by atoms with Gasteiger partial charge in [0.25, 0.3) is 0 Å². The third-order valence-corrected chi connectivity index (χ3v) is 3.95. The van der Waals surface area contributed by atoms with Crippen molar-refractivity contribution in [2.45, 2.75) is 39.7 Å². The molecular formula is C12H22N2O2. The molecule has 2 rings (SSSR count). The molecule has 2 atom stereocenters. The van der Waals surface area contributed by atoms with Crippen molar-refractivity contribution in [2.75, 3.05) is 19.6 Å². The van der Waals surface area contributed by atoms with Gasteiger partial charge in [0.1, 0.15) is 0 Å². The van der Waals surface area contributed by atoms with Crippen LogP contribution in [0, 0.1) is 10.8 Å². The van der Waals surface area contributed by atoms with Crippen molar-refractivity contribution >= 4 is 6.09 Å². The third kappa shape index (κ3) is 1.69. The Morgan fingerprint density at radius 1 is 1.50 bits per heavy atom. The summed E-state index contributed by atoms with van der Waals surface area (Å²) in [6.45, 7) is 9.18. The fraction of sp³-hybridized carbons (Fsp3) is 0.917. The minimum atomic E-state index is -0.767. The van der Waals surface area contributed by atoms with Gasteiger partial charge in [-0.3, -0.25) is 0 Å². The number of amides is 1. The molecule has 0 bridgehead atoms. The highest BCUT2D eigenvalue weighted by Crippen LogP contribution is 2.50. The Kier molecular flexibility index (Phi) is 2.65. The van der Waals surface area contributed by atoms with Crippen LogP contribution in [-0.4, -0.2) is 41.8 Å². The van der Waals surface area contributed by atoms with Crippen molar-refractivity contribution in [2.24, 2.45) is 10.8 Å². The second-order valence-corrected chi connectivity index (χ2v) is 6.32. The molecule has 2 aliphatic rings. The second kappa shape index (κ2) is 3.62. The molecule has 1 amide bonds. The summed E-state index contributed by atoms with van der Waals surface area (Å²) < 4.78 is 0. The minimum absolute atomic E-state index is 0.0235. The van der Waals surface area contributed by atoms with Crippen molar-refractivity contribution in [3.8, 4) is 0 Å². The highest BCUT2D eigenvalue weighted by Gasteiger charge is 2.58. The molecule has 2 aliphatic heterocycles. The van der Waals surface area contributed by atoms with Crippen molar-refractivity contribution in [3.63, 3.8) is 0 Å². The van der Waals surface area contributed by atoms with Gasteiger partial charge in [0, 0.05) is 24.5 Å². The maximum absolute atomic E-state index is 11.2. The number of hydrogen-bond acceptors (Lipinski definition) is 2. The zero-order valence-corrected chi connectivity index (χ0v) is 10.4. The maximum atomic E-state index is 11.2. The Morgan fingerprint density at radius 3 is 2.62 bits per heavy atom. The van der Waals surface area contributed by atoms with Crippen LogP contribution in [0.5, 0.6) is 0 Å². The standard InChI is InChI=1S/C12H22N2O2/c1-11(2,3)9-12(5-4-6-13-7-12)8-14(9)10(15)16/h9,13H,4-8H2,1-3H3,(H,15,16). The van der Waals surface area contributed by atoms with Crippen molar-refractivity contribution in [1.29, 1.82) is 0 Å². The first-order chi connectivity index (χ1) is 7.37. The number of carbonyl (C=O) groups is 1. The van der Waals surface area contributed by atoms with Crippen molar-refractivity contribution < 1.29 is 9.90 Å². The summed E-state index contributed by atoms with van der Waals surface area (Å²) in [7, 11) is 0. The summed E-state index contributed by atoms with van der Waals surface area (Å²) in [4.78, 5) is 12.8. The second-order valence-electron chi connectivity index (χ2n) is 6.32. The molecule has 2 unspecified atom stereocenters. The van der Waals surface area contributed by atoms with E-state index in [0.717, 1.165) is 19.5 Å². The van der Waals surface area contributed by atoms with E-state index in [1.807, 2.05) is 0 Å². The molecule has 4 nitrogen and oxygen atoms in total. The molecule has 0 aliphatic carbocycles. The molecule has 1 spiro atoms.